The molecule has 1 aromatic carbocycles. The lowest BCUT2D eigenvalue weighted by molar-refractivity contribution is -0.127. The standard InChI is InChI=1S/C16H20N4O/c1-13-2-4-14(5-3-13)11-19-12-15(10-17)16(21)20-8-6-18-7-9-20/h2-5,12,18-19H,6-9,11H2,1H3/b15-12-. The number of nitrogens with zero attached hydrogens (tertiary/aromatic N) is 2. The Morgan fingerprint density at radius 3 is 2.67 bits per heavy atom. The number of carbonyl (C=O) groups is 1. The van der Waals surface area contributed by atoms with Gasteiger partial charge in [0.1, 0.15) is 11.6 Å². The third-order valence-corrected chi connectivity index (χ3v) is 3.43. The van der Waals surface area contributed by atoms with Crippen LogP contribution in [0, 0.1) is 18.3 Å². The second-order valence-electron chi connectivity index (χ2n) is 5.08. The largest absolute Gasteiger partial charge is 0.386 e. The molecule has 21 heavy (non-hydrogen) atoms. The summed E-state index contributed by atoms with van der Waals surface area (Å²) in [6.07, 6.45) is 1.52. The van der Waals surface area contributed by atoms with E-state index in [1.807, 2.05) is 37.3 Å². The van der Waals surface area contributed by atoms with E-state index in [1.54, 1.807) is 4.90 Å². The SMILES string of the molecule is Cc1ccc(CN/C=C(/C#N)C(=O)N2CCNCC2)cc1. The lowest BCUT2D eigenvalue weighted by Crippen LogP contribution is -2.46. The van der Waals surface area contributed by atoms with E-state index < -0.39 is 0 Å². The molecule has 1 amide bonds. The maximum Gasteiger partial charge on any atom is 0.266 e. The first-order valence-corrected chi connectivity index (χ1v) is 7.10. The molecular formula is C16H20N4O. The van der Waals surface area contributed by atoms with Gasteiger partial charge in [-0.1, -0.05) is 29.8 Å². The van der Waals surface area contributed by atoms with E-state index in [4.69, 9.17) is 5.26 Å². The summed E-state index contributed by atoms with van der Waals surface area (Å²) < 4.78 is 0. The van der Waals surface area contributed by atoms with E-state index in [9.17, 15) is 4.79 Å². The molecular weight excluding hydrogens is 264 g/mol. The van der Waals surface area contributed by atoms with Crippen molar-refractivity contribution < 1.29 is 4.79 Å². The summed E-state index contributed by atoms with van der Waals surface area (Å²) >= 11 is 0. The van der Waals surface area contributed by atoms with E-state index >= 15 is 0 Å². The van der Waals surface area contributed by atoms with Crippen molar-refractivity contribution in [2.45, 2.75) is 13.5 Å². The molecule has 1 saturated heterocycles. The van der Waals surface area contributed by atoms with E-state index in [0.717, 1.165) is 18.7 Å². The van der Waals surface area contributed by atoms with Gasteiger partial charge < -0.3 is 15.5 Å². The zero-order chi connectivity index (χ0) is 15.1. The van der Waals surface area contributed by atoms with Crippen molar-refractivity contribution in [2.24, 2.45) is 0 Å². The van der Waals surface area contributed by atoms with Crippen LogP contribution in [0.3, 0.4) is 0 Å². The fourth-order valence-electron chi connectivity index (χ4n) is 2.16. The first-order valence-electron chi connectivity index (χ1n) is 7.10. The minimum absolute atomic E-state index is 0.156. The van der Waals surface area contributed by atoms with Crippen molar-refractivity contribution in [3.05, 3.63) is 47.2 Å². The fraction of sp³-hybridized carbons (Fsp3) is 0.375. The molecule has 0 aliphatic carbocycles. The molecule has 1 fully saturated rings. The third-order valence-electron chi connectivity index (χ3n) is 3.43. The van der Waals surface area contributed by atoms with Crippen LogP contribution in [0.15, 0.2) is 36.0 Å². The molecule has 1 heterocycles. The number of rotatable bonds is 4. The van der Waals surface area contributed by atoms with Crippen LogP contribution >= 0.6 is 0 Å². The number of nitrogens with one attached hydrogen (secondary N) is 2. The Labute approximate surface area is 125 Å². The van der Waals surface area contributed by atoms with Crippen LogP contribution in [0.2, 0.25) is 0 Å². The summed E-state index contributed by atoms with van der Waals surface area (Å²) in [7, 11) is 0. The van der Waals surface area contributed by atoms with Crippen molar-refractivity contribution >= 4 is 5.91 Å². The highest BCUT2D eigenvalue weighted by Gasteiger charge is 2.19. The molecule has 0 saturated carbocycles. The van der Waals surface area contributed by atoms with E-state index in [0.29, 0.717) is 19.6 Å². The molecule has 0 atom stereocenters. The first kappa shape index (κ1) is 15.1. The summed E-state index contributed by atoms with van der Waals surface area (Å²) in [5.41, 5.74) is 2.48. The van der Waals surface area contributed by atoms with Crippen LogP contribution in [0.25, 0.3) is 0 Å². The predicted octanol–water partition coefficient (Wildman–Crippen LogP) is 0.924. The molecule has 1 aliphatic rings. The molecule has 1 aliphatic heterocycles. The summed E-state index contributed by atoms with van der Waals surface area (Å²) in [5.74, 6) is -0.199. The van der Waals surface area contributed by atoms with Crippen LogP contribution in [0.1, 0.15) is 11.1 Å². The molecule has 0 unspecified atom stereocenters. The maximum absolute atomic E-state index is 12.2. The molecule has 5 nitrogen and oxygen atoms in total. The Balaban J connectivity index is 1.92. The van der Waals surface area contributed by atoms with Crippen molar-refractivity contribution in [3.63, 3.8) is 0 Å². The number of carbonyl (C=O) groups excluding carboxylic acids is 1. The Morgan fingerprint density at radius 1 is 1.38 bits per heavy atom. The number of hydrogen-bond acceptors (Lipinski definition) is 4. The monoisotopic (exact) mass is 284 g/mol. The van der Waals surface area contributed by atoms with Crippen LogP contribution in [-0.4, -0.2) is 37.0 Å². The van der Waals surface area contributed by atoms with Gasteiger partial charge in [-0.25, -0.2) is 0 Å². The highest BCUT2D eigenvalue weighted by Crippen LogP contribution is 2.04. The molecule has 2 N–H and O–H groups in total. The summed E-state index contributed by atoms with van der Waals surface area (Å²) in [4.78, 5) is 13.9. The van der Waals surface area contributed by atoms with Gasteiger partial charge >= 0.3 is 0 Å². The topological polar surface area (TPSA) is 68.2 Å². The minimum atomic E-state index is -0.199. The predicted molar refractivity (Wildman–Crippen MR) is 81.2 cm³/mol. The van der Waals surface area contributed by atoms with Gasteiger partial charge in [0.25, 0.3) is 5.91 Å². The number of amides is 1. The van der Waals surface area contributed by atoms with Crippen LogP contribution in [0.5, 0.6) is 0 Å². The zero-order valence-electron chi connectivity index (χ0n) is 12.2. The molecule has 5 heteroatoms. The molecule has 0 radical (unpaired) electrons. The molecule has 0 bridgehead atoms. The van der Waals surface area contributed by atoms with Gasteiger partial charge in [-0.15, -0.1) is 0 Å². The van der Waals surface area contributed by atoms with Crippen LogP contribution in [0.4, 0.5) is 0 Å². The highest BCUT2D eigenvalue weighted by molar-refractivity contribution is 5.97. The van der Waals surface area contributed by atoms with E-state index in [1.165, 1.54) is 11.8 Å². The molecule has 1 aromatic rings. The van der Waals surface area contributed by atoms with Gasteiger partial charge in [0.2, 0.25) is 0 Å². The number of hydrogen-bond donors (Lipinski definition) is 2. The summed E-state index contributed by atoms with van der Waals surface area (Å²) in [6, 6.07) is 10.1. The molecule has 0 spiro atoms. The summed E-state index contributed by atoms with van der Waals surface area (Å²) in [6.45, 7) is 5.49. The number of aryl methyl sites for hydroxylation is 1. The highest BCUT2D eigenvalue weighted by atomic mass is 16.2. The minimum Gasteiger partial charge on any atom is -0.386 e. The van der Waals surface area contributed by atoms with Crippen molar-refractivity contribution in [3.8, 4) is 6.07 Å². The zero-order valence-corrected chi connectivity index (χ0v) is 12.2. The second-order valence-corrected chi connectivity index (χ2v) is 5.08. The van der Waals surface area contributed by atoms with Crippen molar-refractivity contribution in [1.82, 2.24) is 15.5 Å². The Morgan fingerprint density at radius 2 is 2.05 bits per heavy atom. The molecule has 0 aromatic heterocycles. The van der Waals surface area contributed by atoms with Gasteiger partial charge in [-0.05, 0) is 12.5 Å². The van der Waals surface area contributed by atoms with Gasteiger partial charge in [0.15, 0.2) is 0 Å². The van der Waals surface area contributed by atoms with E-state index in [2.05, 4.69) is 10.6 Å². The average molecular weight is 284 g/mol. The Kier molecular flexibility index (Phi) is 5.35. The molecule has 110 valence electrons. The third kappa shape index (κ3) is 4.33. The lowest BCUT2D eigenvalue weighted by Gasteiger charge is -2.27. The van der Waals surface area contributed by atoms with Crippen LogP contribution < -0.4 is 10.6 Å². The smallest absolute Gasteiger partial charge is 0.266 e. The molecule has 2 rings (SSSR count). The van der Waals surface area contributed by atoms with E-state index in [-0.39, 0.29) is 11.5 Å². The lowest BCUT2D eigenvalue weighted by atomic mass is 10.1. The van der Waals surface area contributed by atoms with Crippen molar-refractivity contribution in [1.29, 1.82) is 5.26 Å². The maximum atomic E-state index is 12.2. The second kappa shape index (κ2) is 7.46. The Bertz CT molecular complexity index is 551. The normalized spacial score (nSPS) is 15.4. The number of piperazine rings is 1. The summed E-state index contributed by atoms with van der Waals surface area (Å²) in [5, 5.41) is 15.4. The van der Waals surface area contributed by atoms with Crippen molar-refractivity contribution in [2.75, 3.05) is 26.2 Å². The van der Waals surface area contributed by atoms with Gasteiger partial charge in [0.05, 0.1) is 0 Å². The quantitative estimate of drug-likeness (QED) is 0.637. The average Bonchev–Trinajstić information content (AvgIpc) is 2.53. The number of benzene rings is 1. The van der Waals surface area contributed by atoms with Gasteiger partial charge in [-0.3, -0.25) is 4.79 Å². The van der Waals surface area contributed by atoms with Crippen LogP contribution in [-0.2, 0) is 11.3 Å². The first-order chi connectivity index (χ1) is 10.2. The van der Waals surface area contributed by atoms with Gasteiger partial charge in [-0.2, -0.15) is 5.26 Å². The van der Waals surface area contributed by atoms with Gasteiger partial charge in [0, 0.05) is 38.9 Å². The fourth-order valence-corrected chi connectivity index (χ4v) is 2.16. The number of nitriles is 1. The Hall–Kier alpha value is -2.32.